The molecule has 0 aliphatic heterocycles. The van der Waals surface area contributed by atoms with Crippen LogP contribution in [0, 0.1) is 0 Å². The Bertz CT molecular complexity index is 317. The second kappa shape index (κ2) is 6.08. The van der Waals surface area contributed by atoms with E-state index in [9.17, 15) is 4.39 Å². The molecule has 0 heterocycles. The third-order valence-electron chi connectivity index (χ3n) is 2.00. The zero-order chi connectivity index (χ0) is 11.3. The molecule has 1 aromatic rings. The van der Waals surface area contributed by atoms with Crippen molar-refractivity contribution in [1.29, 1.82) is 0 Å². The van der Waals surface area contributed by atoms with E-state index in [1.54, 1.807) is 0 Å². The standard InChI is InChI=1S/C11H15BrFNO/c1-8(14)10-4-3-9(12)7-11(10)15-6-2-5-13/h3-4,7-8H,2,5-6,14H2,1H3/t8-/m0/s1. The van der Waals surface area contributed by atoms with E-state index >= 15 is 0 Å². The van der Waals surface area contributed by atoms with Crippen LogP contribution in [0.5, 0.6) is 5.75 Å². The van der Waals surface area contributed by atoms with Gasteiger partial charge >= 0.3 is 0 Å². The maximum absolute atomic E-state index is 11.9. The summed E-state index contributed by atoms with van der Waals surface area (Å²) in [5, 5.41) is 0. The van der Waals surface area contributed by atoms with E-state index in [2.05, 4.69) is 15.9 Å². The lowest BCUT2D eigenvalue weighted by Gasteiger charge is -2.13. The Hall–Kier alpha value is -0.610. The van der Waals surface area contributed by atoms with Gasteiger partial charge in [-0.1, -0.05) is 22.0 Å². The summed E-state index contributed by atoms with van der Waals surface area (Å²) in [6.07, 6.45) is 0.408. The first kappa shape index (κ1) is 12.5. The SMILES string of the molecule is C[C@H](N)c1ccc(Br)cc1OCCCF. The third kappa shape index (κ3) is 3.80. The molecule has 1 rings (SSSR count). The third-order valence-corrected chi connectivity index (χ3v) is 2.49. The molecule has 1 atom stereocenters. The Balaban J connectivity index is 2.77. The van der Waals surface area contributed by atoms with E-state index in [1.165, 1.54) is 0 Å². The van der Waals surface area contributed by atoms with E-state index in [0.717, 1.165) is 15.8 Å². The zero-order valence-electron chi connectivity index (χ0n) is 8.67. The topological polar surface area (TPSA) is 35.2 Å². The summed E-state index contributed by atoms with van der Waals surface area (Å²) in [5.41, 5.74) is 6.74. The van der Waals surface area contributed by atoms with E-state index in [4.69, 9.17) is 10.5 Å². The lowest BCUT2D eigenvalue weighted by molar-refractivity contribution is 0.286. The van der Waals surface area contributed by atoms with Gasteiger partial charge in [-0.05, 0) is 19.1 Å². The minimum Gasteiger partial charge on any atom is -0.493 e. The lowest BCUT2D eigenvalue weighted by Crippen LogP contribution is -2.08. The molecule has 84 valence electrons. The molecule has 0 radical (unpaired) electrons. The van der Waals surface area contributed by atoms with Gasteiger partial charge in [-0.2, -0.15) is 0 Å². The van der Waals surface area contributed by atoms with Gasteiger partial charge in [0.25, 0.3) is 0 Å². The molecule has 0 aliphatic carbocycles. The number of alkyl halides is 1. The van der Waals surface area contributed by atoms with Crippen molar-refractivity contribution in [1.82, 2.24) is 0 Å². The van der Waals surface area contributed by atoms with Crippen LogP contribution in [0.4, 0.5) is 4.39 Å². The molecular weight excluding hydrogens is 261 g/mol. The Morgan fingerprint density at radius 1 is 1.53 bits per heavy atom. The fraction of sp³-hybridized carbons (Fsp3) is 0.455. The highest BCUT2D eigenvalue weighted by molar-refractivity contribution is 9.10. The second-order valence-electron chi connectivity index (χ2n) is 3.36. The second-order valence-corrected chi connectivity index (χ2v) is 4.28. The molecule has 0 saturated carbocycles. The monoisotopic (exact) mass is 275 g/mol. The molecule has 0 amide bonds. The van der Waals surface area contributed by atoms with Crippen LogP contribution in [0.3, 0.4) is 0 Å². The van der Waals surface area contributed by atoms with Crippen LogP contribution in [0.25, 0.3) is 0 Å². The van der Waals surface area contributed by atoms with Crippen LogP contribution in [0.1, 0.15) is 24.9 Å². The van der Waals surface area contributed by atoms with Gasteiger partial charge in [0.1, 0.15) is 5.75 Å². The van der Waals surface area contributed by atoms with Gasteiger partial charge in [-0.25, -0.2) is 0 Å². The number of ether oxygens (including phenoxy) is 1. The minimum atomic E-state index is -0.360. The molecule has 0 bridgehead atoms. The van der Waals surface area contributed by atoms with E-state index in [-0.39, 0.29) is 12.7 Å². The van der Waals surface area contributed by atoms with Gasteiger partial charge in [0.2, 0.25) is 0 Å². The maximum atomic E-state index is 11.9. The Morgan fingerprint density at radius 3 is 2.87 bits per heavy atom. The fourth-order valence-corrected chi connectivity index (χ4v) is 1.59. The lowest BCUT2D eigenvalue weighted by atomic mass is 10.1. The molecule has 0 spiro atoms. The van der Waals surface area contributed by atoms with Crippen LogP contribution >= 0.6 is 15.9 Å². The molecule has 1 aromatic carbocycles. The summed E-state index contributed by atoms with van der Waals surface area (Å²) >= 11 is 3.36. The molecule has 4 heteroatoms. The smallest absolute Gasteiger partial charge is 0.125 e. The molecule has 0 fully saturated rings. The molecule has 15 heavy (non-hydrogen) atoms. The molecule has 2 N–H and O–H groups in total. The van der Waals surface area contributed by atoms with Crippen LogP contribution in [0.15, 0.2) is 22.7 Å². The van der Waals surface area contributed by atoms with Crippen molar-refractivity contribution in [3.05, 3.63) is 28.2 Å². The Morgan fingerprint density at radius 2 is 2.27 bits per heavy atom. The van der Waals surface area contributed by atoms with E-state index in [1.807, 2.05) is 25.1 Å². The van der Waals surface area contributed by atoms with Crippen LogP contribution in [-0.2, 0) is 0 Å². The highest BCUT2D eigenvalue weighted by atomic mass is 79.9. The number of nitrogens with two attached hydrogens (primary N) is 1. The van der Waals surface area contributed by atoms with Crippen LogP contribution in [-0.4, -0.2) is 13.3 Å². The molecule has 0 saturated heterocycles. The van der Waals surface area contributed by atoms with Gasteiger partial charge in [-0.15, -0.1) is 0 Å². The zero-order valence-corrected chi connectivity index (χ0v) is 10.3. The van der Waals surface area contributed by atoms with Gasteiger partial charge in [-0.3, -0.25) is 4.39 Å². The molecule has 0 aromatic heterocycles. The molecular formula is C11H15BrFNO. The van der Waals surface area contributed by atoms with Crippen molar-refractivity contribution in [3.63, 3.8) is 0 Å². The van der Waals surface area contributed by atoms with Crippen molar-refractivity contribution in [3.8, 4) is 5.75 Å². The Kier molecular flexibility index (Phi) is 5.05. The van der Waals surface area contributed by atoms with Crippen molar-refractivity contribution in [2.24, 2.45) is 5.73 Å². The van der Waals surface area contributed by atoms with Crippen molar-refractivity contribution in [2.45, 2.75) is 19.4 Å². The summed E-state index contributed by atoms with van der Waals surface area (Å²) in [6, 6.07) is 5.61. The number of hydrogen-bond donors (Lipinski definition) is 1. The minimum absolute atomic E-state index is 0.0847. The van der Waals surface area contributed by atoms with Crippen LogP contribution < -0.4 is 10.5 Å². The van der Waals surface area contributed by atoms with Crippen molar-refractivity contribution >= 4 is 15.9 Å². The first-order chi connectivity index (χ1) is 7.15. The van der Waals surface area contributed by atoms with Gasteiger partial charge in [0.05, 0.1) is 13.3 Å². The summed E-state index contributed by atoms with van der Waals surface area (Å²) in [4.78, 5) is 0. The first-order valence-corrected chi connectivity index (χ1v) is 5.68. The molecule has 2 nitrogen and oxygen atoms in total. The average molecular weight is 276 g/mol. The summed E-state index contributed by atoms with van der Waals surface area (Å²) in [5.74, 6) is 0.729. The number of hydrogen-bond acceptors (Lipinski definition) is 2. The predicted octanol–water partition coefficient (Wildman–Crippen LogP) is 3.21. The maximum Gasteiger partial charge on any atom is 0.125 e. The summed E-state index contributed by atoms with van der Waals surface area (Å²) < 4.78 is 18.3. The quantitative estimate of drug-likeness (QED) is 0.838. The molecule has 0 aliphatic rings. The number of halogens is 2. The van der Waals surface area contributed by atoms with Gasteiger partial charge < -0.3 is 10.5 Å². The summed E-state index contributed by atoms with van der Waals surface area (Å²) in [7, 11) is 0. The normalized spacial score (nSPS) is 12.5. The Labute approximate surface area is 97.7 Å². The largest absolute Gasteiger partial charge is 0.493 e. The average Bonchev–Trinajstić information content (AvgIpc) is 2.18. The van der Waals surface area contributed by atoms with Gasteiger partial charge in [0.15, 0.2) is 0 Å². The number of benzene rings is 1. The van der Waals surface area contributed by atoms with Crippen LogP contribution in [0.2, 0.25) is 0 Å². The van der Waals surface area contributed by atoms with E-state index < -0.39 is 0 Å². The highest BCUT2D eigenvalue weighted by Crippen LogP contribution is 2.27. The fourth-order valence-electron chi connectivity index (χ4n) is 1.25. The van der Waals surface area contributed by atoms with E-state index in [0.29, 0.717) is 13.0 Å². The summed E-state index contributed by atoms with van der Waals surface area (Å²) in [6.45, 7) is 1.92. The van der Waals surface area contributed by atoms with Crippen molar-refractivity contribution < 1.29 is 9.13 Å². The first-order valence-electron chi connectivity index (χ1n) is 4.89. The number of rotatable bonds is 5. The predicted molar refractivity (Wildman–Crippen MR) is 62.8 cm³/mol. The highest BCUT2D eigenvalue weighted by Gasteiger charge is 2.08. The molecule has 0 unspecified atom stereocenters. The van der Waals surface area contributed by atoms with Gasteiger partial charge in [0, 0.05) is 22.5 Å². The van der Waals surface area contributed by atoms with Crippen molar-refractivity contribution in [2.75, 3.05) is 13.3 Å².